The van der Waals surface area contributed by atoms with Gasteiger partial charge >= 0.3 is 5.97 Å². The highest BCUT2D eigenvalue weighted by Crippen LogP contribution is 2.24. The molecule has 0 N–H and O–H groups in total. The van der Waals surface area contributed by atoms with E-state index in [0.29, 0.717) is 10.6 Å². The van der Waals surface area contributed by atoms with Gasteiger partial charge in [0.05, 0.1) is 6.61 Å². The van der Waals surface area contributed by atoms with Crippen LogP contribution in [-0.4, -0.2) is 26.7 Å². The zero-order valence-electron chi connectivity index (χ0n) is 11.1. The Bertz CT molecular complexity index is 545. The van der Waals surface area contributed by atoms with E-state index in [2.05, 4.69) is 0 Å². The lowest BCUT2D eigenvalue weighted by Gasteiger charge is -2.13. The molecule has 0 amide bonds. The van der Waals surface area contributed by atoms with Gasteiger partial charge in [-0.2, -0.15) is 5.26 Å². The zero-order valence-corrected chi connectivity index (χ0v) is 11.9. The monoisotopic (exact) mass is 278 g/mol. The van der Waals surface area contributed by atoms with Gasteiger partial charge in [-0.05, 0) is 30.7 Å². The number of benzene rings is 1. The molecule has 1 aromatic rings. The highest BCUT2D eigenvalue weighted by Gasteiger charge is 2.11. The number of rotatable bonds is 4. The average Bonchev–Trinajstić information content (AvgIpc) is 2.37. The first-order chi connectivity index (χ1) is 8.99. The van der Waals surface area contributed by atoms with Crippen molar-refractivity contribution in [1.82, 2.24) is 0 Å². The maximum atomic E-state index is 11.5. The number of halogens is 1. The SMILES string of the molecule is CCOC(=O)C(C#N)=Cc1ccc(N(C)C)cc1Cl. The van der Waals surface area contributed by atoms with Gasteiger partial charge in [0.15, 0.2) is 0 Å². The number of ether oxygens (including phenoxy) is 1. The van der Waals surface area contributed by atoms with Crippen LogP contribution in [0.15, 0.2) is 23.8 Å². The summed E-state index contributed by atoms with van der Waals surface area (Å²) in [5.74, 6) is -0.641. The third-order valence-electron chi connectivity index (χ3n) is 2.42. The van der Waals surface area contributed by atoms with E-state index >= 15 is 0 Å². The molecule has 1 aromatic carbocycles. The minimum absolute atomic E-state index is 0.0682. The van der Waals surface area contributed by atoms with Gasteiger partial charge in [0, 0.05) is 24.8 Å². The van der Waals surface area contributed by atoms with Crippen molar-refractivity contribution in [1.29, 1.82) is 5.26 Å². The van der Waals surface area contributed by atoms with E-state index in [-0.39, 0.29) is 12.2 Å². The summed E-state index contributed by atoms with van der Waals surface area (Å²) >= 11 is 6.12. The molecule has 0 radical (unpaired) electrons. The second kappa shape index (κ2) is 6.81. The third kappa shape index (κ3) is 4.01. The van der Waals surface area contributed by atoms with Gasteiger partial charge in [-0.15, -0.1) is 0 Å². The lowest BCUT2D eigenvalue weighted by Crippen LogP contribution is -2.08. The second-order valence-corrected chi connectivity index (χ2v) is 4.40. The third-order valence-corrected chi connectivity index (χ3v) is 2.74. The molecule has 0 bridgehead atoms. The van der Waals surface area contributed by atoms with Crippen molar-refractivity contribution in [3.63, 3.8) is 0 Å². The maximum Gasteiger partial charge on any atom is 0.348 e. The van der Waals surface area contributed by atoms with Crippen molar-refractivity contribution in [3.05, 3.63) is 34.4 Å². The summed E-state index contributed by atoms with van der Waals surface area (Å²) in [6.45, 7) is 1.91. The van der Waals surface area contributed by atoms with Crippen LogP contribution in [0, 0.1) is 11.3 Å². The summed E-state index contributed by atoms with van der Waals surface area (Å²) < 4.78 is 4.79. The molecule has 5 heteroatoms. The molecule has 0 unspecified atom stereocenters. The smallest absolute Gasteiger partial charge is 0.348 e. The van der Waals surface area contributed by atoms with Gasteiger partial charge in [-0.3, -0.25) is 0 Å². The molecule has 19 heavy (non-hydrogen) atoms. The summed E-state index contributed by atoms with van der Waals surface area (Å²) in [4.78, 5) is 13.4. The standard InChI is InChI=1S/C14H15ClN2O2/c1-4-19-14(18)11(9-16)7-10-5-6-12(17(2)3)8-13(10)15/h5-8H,4H2,1-3H3. The molecule has 1 rings (SSSR count). The van der Waals surface area contributed by atoms with Crippen LogP contribution in [0.5, 0.6) is 0 Å². The van der Waals surface area contributed by atoms with Crippen LogP contribution in [0.25, 0.3) is 6.08 Å². The van der Waals surface area contributed by atoms with Crippen molar-refractivity contribution < 1.29 is 9.53 Å². The molecule has 0 fully saturated rings. The van der Waals surface area contributed by atoms with E-state index < -0.39 is 5.97 Å². The first-order valence-corrected chi connectivity index (χ1v) is 6.13. The average molecular weight is 279 g/mol. The molecule has 4 nitrogen and oxygen atoms in total. The number of anilines is 1. The first kappa shape index (κ1) is 15.1. The van der Waals surface area contributed by atoms with Crippen LogP contribution in [-0.2, 0) is 9.53 Å². The molecule has 0 heterocycles. The minimum Gasteiger partial charge on any atom is -0.462 e. The van der Waals surface area contributed by atoms with E-state index in [4.69, 9.17) is 21.6 Å². The molecule has 0 atom stereocenters. The summed E-state index contributed by atoms with van der Waals surface area (Å²) in [5, 5.41) is 9.42. The van der Waals surface area contributed by atoms with Crippen LogP contribution >= 0.6 is 11.6 Å². The first-order valence-electron chi connectivity index (χ1n) is 5.75. The molecule has 0 saturated carbocycles. The Balaban J connectivity index is 3.10. The Morgan fingerprint density at radius 3 is 2.68 bits per heavy atom. The van der Waals surface area contributed by atoms with Gasteiger partial charge in [-0.1, -0.05) is 17.7 Å². The molecule has 0 aromatic heterocycles. The molecule has 0 saturated heterocycles. The van der Waals surface area contributed by atoms with Crippen LogP contribution in [0.4, 0.5) is 5.69 Å². The second-order valence-electron chi connectivity index (χ2n) is 3.99. The Morgan fingerprint density at radius 2 is 2.21 bits per heavy atom. The van der Waals surface area contributed by atoms with Crippen LogP contribution in [0.3, 0.4) is 0 Å². The predicted molar refractivity (Wildman–Crippen MR) is 76.0 cm³/mol. The van der Waals surface area contributed by atoms with E-state index in [1.807, 2.05) is 31.1 Å². The van der Waals surface area contributed by atoms with Gasteiger partial charge < -0.3 is 9.64 Å². The van der Waals surface area contributed by atoms with Crippen LogP contribution in [0.2, 0.25) is 5.02 Å². The van der Waals surface area contributed by atoms with Crippen LogP contribution < -0.4 is 4.90 Å². The number of hydrogen-bond acceptors (Lipinski definition) is 4. The van der Waals surface area contributed by atoms with Crippen molar-refractivity contribution in [2.24, 2.45) is 0 Å². The number of hydrogen-bond donors (Lipinski definition) is 0. The van der Waals surface area contributed by atoms with E-state index in [0.717, 1.165) is 5.69 Å². The topological polar surface area (TPSA) is 53.3 Å². The molecule has 0 aliphatic rings. The zero-order chi connectivity index (χ0) is 14.4. The molecular formula is C14H15ClN2O2. The quantitative estimate of drug-likeness (QED) is 0.483. The summed E-state index contributed by atoms with van der Waals surface area (Å²) in [6.07, 6.45) is 1.43. The highest BCUT2D eigenvalue weighted by atomic mass is 35.5. The molecule has 0 aliphatic heterocycles. The number of esters is 1. The van der Waals surface area contributed by atoms with Crippen LogP contribution in [0.1, 0.15) is 12.5 Å². The number of nitrogens with zero attached hydrogens (tertiary/aromatic N) is 2. The minimum atomic E-state index is -0.641. The fourth-order valence-electron chi connectivity index (χ4n) is 1.41. The molecule has 0 aliphatic carbocycles. The van der Waals surface area contributed by atoms with Gasteiger partial charge in [-0.25, -0.2) is 4.79 Å². The number of carbonyl (C=O) groups is 1. The largest absolute Gasteiger partial charge is 0.462 e. The van der Waals surface area contributed by atoms with E-state index in [1.165, 1.54) is 6.08 Å². The Kier molecular flexibility index (Phi) is 5.40. The van der Waals surface area contributed by atoms with Gasteiger partial charge in [0.1, 0.15) is 11.6 Å². The lowest BCUT2D eigenvalue weighted by atomic mass is 10.1. The predicted octanol–water partition coefficient (Wildman–Crippen LogP) is 2.88. The van der Waals surface area contributed by atoms with Crippen molar-refractivity contribution in [3.8, 4) is 6.07 Å². The maximum absolute atomic E-state index is 11.5. The highest BCUT2D eigenvalue weighted by molar-refractivity contribution is 6.32. The normalized spacial score (nSPS) is 10.8. The van der Waals surface area contributed by atoms with Crippen molar-refractivity contribution in [2.45, 2.75) is 6.92 Å². The van der Waals surface area contributed by atoms with E-state index in [1.54, 1.807) is 19.1 Å². The molecular weight excluding hydrogens is 264 g/mol. The Hall–Kier alpha value is -1.99. The summed E-state index contributed by atoms with van der Waals surface area (Å²) in [7, 11) is 3.81. The van der Waals surface area contributed by atoms with Crippen molar-refractivity contribution in [2.75, 3.05) is 25.6 Å². The van der Waals surface area contributed by atoms with Gasteiger partial charge in [0.2, 0.25) is 0 Å². The lowest BCUT2D eigenvalue weighted by molar-refractivity contribution is -0.137. The summed E-state index contributed by atoms with van der Waals surface area (Å²) in [5.41, 5.74) is 1.48. The molecule has 0 spiro atoms. The fraction of sp³-hybridized carbons (Fsp3) is 0.286. The fourth-order valence-corrected chi connectivity index (χ4v) is 1.64. The molecule has 100 valence electrons. The number of carbonyl (C=O) groups excluding carboxylic acids is 1. The van der Waals surface area contributed by atoms with Crippen molar-refractivity contribution >= 4 is 29.3 Å². The number of nitriles is 1. The summed E-state index contributed by atoms with van der Waals surface area (Å²) in [6, 6.07) is 7.21. The van der Waals surface area contributed by atoms with Gasteiger partial charge in [0.25, 0.3) is 0 Å². The van der Waals surface area contributed by atoms with E-state index in [9.17, 15) is 4.79 Å². The Morgan fingerprint density at radius 1 is 1.53 bits per heavy atom. The Labute approximate surface area is 117 Å².